The van der Waals surface area contributed by atoms with Crippen LogP contribution in [-0.2, 0) is 4.79 Å². The molecular weight excluding hydrogens is 311 g/mol. The molecule has 2 fully saturated rings. The first kappa shape index (κ1) is 16.7. The molecule has 0 spiro atoms. The summed E-state index contributed by atoms with van der Waals surface area (Å²) in [5, 5.41) is 0. The van der Waals surface area contributed by atoms with Crippen molar-refractivity contribution < 1.29 is 18.7 Å². The van der Waals surface area contributed by atoms with Crippen LogP contribution in [0.15, 0.2) is 18.2 Å². The fourth-order valence-corrected chi connectivity index (χ4v) is 3.61. The Hall–Kier alpha value is -2.11. The first-order valence-electron chi connectivity index (χ1n) is 8.52. The zero-order valence-corrected chi connectivity index (χ0v) is 14.0. The summed E-state index contributed by atoms with van der Waals surface area (Å²) in [6, 6.07) is 3.98. The smallest absolute Gasteiger partial charge is 0.258 e. The van der Waals surface area contributed by atoms with Crippen molar-refractivity contribution in [1.29, 1.82) is 0 Å². The van der Waals surface area contributed by atoms with Gasteiger partial charge < -0.3 is 14.5 Å². The van der Waals surface area contributed by atoms with Crippen molar-refractivity contribution in [3.63, 3.8) is 0 Å². The zero-order valence-electron chi connectivity index (χ0n) is 14.0. The molecule has 2 saturated heterocycles. The van der Waals surface area contributed by atoms with Crippen LogP contribution < -0.4 is 4.74 Å². The standard InChI is InChI=1S/C18H23FN2O3/c1-24-16-8-7-13(19)11-15(16)18(23)21-10-3-2-5-14(21)12-20-9-4-6-17(20)22/h7-8,11,14H,2-6,9-10,12H2,1H3. The van der Waals surface area contributed by atoms with E-state index in [4.69, 9.17) is 4.74 Å². The van der Waals surface area contributed by atoms with Gasteiger partial charge in [-0.3, -0.25) is 9.59 Å². The molecule has 2 amide bonds. The lowest BCUT2D eigenvalue weighted by Gasteiger charge is -2.38. The van der Waals surface area contributed by atoms with Gasteiger partial charge in [-0.2, -0.15) is 0 Å². The third-order valence-electron chi connectivity index (χ3n) is 4.88. The second-order valence-electron chi connectivity index (χ2n) is 6.44. The number of rotatable bonds is 4. The van der Waals surface area contributed by atoms with Gasteiger partial charge in [-0.05, 0) is 43.9 Å². The zero-order chi connectivity index (χ0) is 17.1. The Balaban J connectivity index is 1.81. The van der Waals surface area contributed by atoms with E-state index in [0.717, 1.165) is 32.2 Å². The van der Waals surface area contributed by atoms with Gasteiger partial charge in [0.1, 0.15) is 11.6 Å². The summed E-state index contributed by atoms with van der Waals surface area (Å²) in [4.78, 5) is 28.5. The minimum atomic E-state index is -0.456. The van der Waals surface area contributed by atoms with Gasteiger partial charge in [0.25, 0.3) is 5.91 Å². The van der Waals surface area contributed by atoms with Gasteiger partial charge >= 0.3 is 0 Å². The maximum absolute atomic E-state index is 13.6. The van der Waals surface area contributed by atoms with E-state index >= 15 is 0 Å². The van der Waals surface area contributed by atoms with E-state index in [0.29, 0.717) is 25.3 Å². The predicted octanol–water partition coefficient (Wildman–Crippen LogP) is 2.45. The molecule has 1 aromatic rings. The molecule has 0 bridgehead atoms. The number of amides is 2. The lowest BCUT2D eigenvalue weighted by atomic mass is 10.00. The molecule has 1 aromatic carbocycles. The summed E-state index contributed by atoms with van der Waals surface area (Å²) in [6.45, 7) is 1.97. The van der Waals surface area contributed by atoms with Crippen LogP contribution in [0, 0.1) is 5.82 Å². The molecule has 24 heavy (non-hydrogen) atoms. The number of benzene rings is 1. The third kappa shape index (κ3) is 3.37. The highest BCUT2D eigenvalue weighted by Gasteiger charge is 2.32. The van der Waals surface area contributed by atoms with Crippen molar-refractivity contribution in [1.82, 2.24) is 9.80 Å². The average Bonchev–Trinajstić information content (AvgIpc) is 2.99. The maximum atomic E-state index is 13.6. The number of halogens is 1. The Morgan fingerprint density at radius 1 is 1.29 bits per heavy atom. The van der Waals surface area contributed by atoms with E-state index < -0.39 is 5.82 Å². The number of ether oxygens (including phenoxy) is 1. The number of methoxy groups -OCH3 is 1. The topological polar surface area (TPSA) is 49.9 Å². The number of hydrogen-bond acceptors (Lipinski definition) is 3. The van der Waals surface area contributed by atoms with Crippen LogP contribution in [0.1, 0.15) is 42.5 Å². The third-order valence-corrected chi connectivity index (χ3v) is 4.88. The number of likely N-dealkylation sites (tertiary alicyclic amines) is 2. The van der Waals surface area contributed by atoms with Crippen molar-refractivity contribution in [2.45, 2.75) is 38.1 Å². The van der Waals surface area contributed by atoms with Crippen LogP contribution >= 0.6 is 0 Å². The van der Waals surface area contributed by atoms with Crippen LogP contribution in [0.5, 0.6) is 5.75 Å². The Labute approximate surface area is 141 Å². The molecule has 1 unspecified atom stereocenters. The highest BCUT2D eigenvalue weighted by molar-refractivity contribution is 5.97. The Morgan fingerprint density at radius 2 is 2.12 bits per heavy atom. The monoisotopic (exact) mass is 334 g/mol. The summed E-state index contributed by atoms with van der Waals surface area (Å²) in [5.41, 5.74) is 0.247. The minimum Gasteiger partial charge on any atom is -0.496 e. The van der Waals surface area contributed by atoms with Crippen LogP contribution in [0.3, 0.4) is 0 Å². The number of carbonyl (C=O) groups excluding carboxylic acids is 2. The lowest BCUT2D eigenvalue weighted by molar-refractivity contribution is -0.128. The molecule has 3 rings (SSSR count). The molecule has 130 valence electrons. The molecule has 1 atom stereocenters. The van der Waals surface area contributed by atoms with E-state index in [-0.39, 0.29) is 23.4 Å². The molecule has 0 saturated carbocycles. The van der Waals surface area contributed by atoms with Crippen molar-refractivity contribution in [3.8, 4) is 5.75 Å². The van der Waals surface area contributed by atoms with Gasteiger partial charge in [-0.15, -0.1) is 0 Å². The van der Waals surface area contributed by atoms with E-state index in [1.807, 2.05) is 4.90 Å². The average molecular weight is 334 g/mol. The second kappa shape index (κ2) is 7.20. The Kier molecular flexibility index (Phi) is 5.02. The molecule has 5 nitrogen and oxygen atoms in total. The second-order valence-corrected chi connectivity index (χ2v) is 6.44. The van der Waals surface area contributed by atoms with Crippen LogP contribution in [0.4, 0.5) is 4.39 Å². The molecule has 0 aliphatic carbocycles. The van der Waals surface area contributed by atoms with Crippen molar-refractivity contribution in [2.75, 3.05) is 26.7 Å². The number of piperidine rings is 1. The first-order valence-corrected chi connectivity index (χ1v) is 8.52. The summed E-state index contributed by atoms with van der Waals surface area (Å²) < 4.78 is 18.8. The SMILES string of the molecule is COc1ccc(F)cc1C(=O)N1CCCCC1CN1CCCC1=O. The number of nitrogens with zero attached hydrogens (tertiary/aromatic N) is 2. The van der Waals surface area contributed by atoms with Crippen LogP contribution in [-0.4, -0.2) is 54.4 Å². The number of hydrogen-bond donors (Lipinski definition) is 0. The fraction of sp³-hybridized carbons (Fsp3) is 0.556. The summed E-state index contributed by atoms with van der Waals surface area (Å²) in [7, 11) is 1.47. The Morgan fingerprint density at radius 3 is 2.83 bits per heavy atom. The van der Waals surface area contributed by atoms with E-state index in [1.165, 1.54) is 25.3 Å². The van der Waals surface area contributed by atoms with Crippen molar-refractivity contribution >= 4 is 11.8 Å². The maximum Gasteiger partial charge on any atom is 0.258 e. The molecular formula is C18H23FN2O3. The van der Waals surface area contributed by atoms with Gasteiger partial charge in [-0.25, -0.2) is 4.39 Å². The van der Waals surface area contributed by atoms with Gasteiger partial charge in [0, 0.05) is 32.1 Å². The quantitative estimate of drug-likeness (QED) is 0.850. The van der Waals surface area contributed by atoms with Gasteiger partial charge in [-0.1, -0.05) is 0 Å². The lowest BCUT2D eigenvalue weighted by Crippen LogP contribution is -2.49. The van der Waals surface area contributed by atoms with Gasteiger partial charge in [0.2, 0.25) is 5.91 Å². The van der Waals surface area contributed by atoms with Gasteiger partial charge in [0.15, 0.2) is 0 Å². The molecule has 0 aromatic heterocycles. The molecule has 2 aliphatic heterocycles. The van der Waals surface area contributed by atoms with E-state index in [9.17, 15) is 14.0 Å². The normalized spacial score (nSPS) is 21.2. The molecule has 6 heteroatoms. The molecule has 2 aliphatic rings. The molecule has 0 radical (unpaired) electrons. The minimum absolute atomic E-state index is 0.0127. The van der Waals surface area contributed by atoms with Crippen LogP contribution in [0.2, 0.25) is 0 Å². The summed E-state index contributed by atoms with van der Waals surface area (Å²) in [5.74, 6) is -0.135. The highest BCUT2D eigenvalue weighted by atomic mass is 19.1. The van der Waals surface area contributed by atoms with Gasteiger partial charge in [0.05, 0.1) is 12.7 Å². The fourth-order valence-electron chi connectivity index (χ4n) is 3.61. The Bertz CT molecular complexity index is 635. The van der Waals surface area contributed by atoms with E-state index in [2.05, 4.69) is 0 Å². The highest BCUT2D eigenvalue weighted by Crippen LogP contribution is 2.26. The summed E-state index contributed by atoms with van der Waals surface area (Å²) >= 11 is 0. The van der Waals surface area contributed by atoms with Crippen molar-refractivity contribution in [2.24, 2.45) is 0 Å². The largest absolute Gasteiger partial charge is 0.496 e. The summed E-state index contributed by atoms with van der Waals surface area (Å²) in [6.07, 6.45) is 4.31. The molecule has 2 heterocycles. The van der Waals surface area contributed by atoms with Crippen LogP contribution in [0.25, 0.3) is 0 Å². The number of carbonyl (C=O) groups is 2. The first-order chi connectivity index (χ1) is 11.6. The van der Waals surface area contributed by atoms with E-state index in [1.54, 1.807) is 4.90 Å². The predicted molar refractivity (Wildman–Crippen MR) is 87.4 cm³/mol. The van der Waals surface area contributed by atoms with Crippen molar-refractivity contribution in [3.05, 3.63) is 29.6 Å². The molecule has 0 N–H and O–H groups in total.